The van der Waals surface area contributed by atoms with Gasteiger partial charge in [0.1, 0.15) is 0 Å². The van der Waals surface area contributed by atoms with E-state index in [-0.39, 0.29) is 12.5 Å². The van der Waals surface area contributed by atoms with Crippen molar-refractivity contribution < 1.29 is 13.2 Å². The molecule has 3 rings (SSSR count). The van der Waals surface area contributed by atoms with Crippen molar-refractivity contribution in [3.05, 3.63) is 65.2 Å². The van der Waals surface area contributed by atoms with Gasteiger partial charge in [0.2, 0.25) is 10.0 Å². The summed E-state index contributed by atoms with van der Waals surface area (Å²) in [6.07, 6.45) is 3.29. The van der Waals surface area contributed by atoms with Crippen LogP contribution in [0.2, 0.25) is 0 Å². The second kappa shape index (κ2) is 6.88. The summed E-state index contributed by atoms with van der Waals surface area (Å²) in [5.74, 6) is -0.0762. The zero-order chi connectivity index (χ0) is 18.0. The number of anilines is 1. The maximum absolute atomic E-state index is 12.2. The molecule has 0 unspecified atom stereocenters. The second-order valence-electron chi connectivity index (χ2n) is 6.55. The number of carbonyl (C=O) groups excluding carboxylic acids is 1. The Hall–Kier alpha value is -2.34. The summed E-state index contributed by atoms with van der Waals surface area (Å²) in [6.45, 7) is 2.16. The molecular weight excluding hydrogens is 336 g/mol. The van der Waals surface area contributed by atoms with E-state index in [0.717, 1.165) is 24.0 Å². The number of aryl methyl sites for hydroxylation is 1. The Bertz CT molecular complexity index is 872. The highest BCUT2D eigenvalue weighted by Gasteiger charge is 2.24. The Balaban J connectivity index is 1.78. The van der Waals surface area contributed by atoms with E-state index in [1.54, 1.807) is 30.3 Å². The van der Waals surface area contributed by atoms with E-state index in [1.807, 2.05) is 25.1 Å². The Morgan fingerprint density at radius 2 is 1.84 bits per heavy atom. The third-order valence-corrected chi connectivity index (χ3v) is 5.29. The largest absolute Gasteiger partial charge is 0.349 e. The maximum Gasteiger partial charge on any atom is 0.251 e. The molecule has 5 nitrogen and oxygen atoms in total. The number of rotatable bonds is 6. The molecule has 0 aliphatic heterocycles. The minimum atomic E-state index is -3.41. The highest BCUT2D eigenvalue weighted by Crippen LogP contribution is 2.22. The van der Waals surface area contributed by atoms with Crippen LogP contribution in [0.25, 0.3) is 0 Å². The van der Waals surface area contributed by atoms with E-state index < -0.39 is 10.0 Å². The standard InChI is InChI=1S/C19H22N2O3S/c1-14-4-3-5-18(12-14)21(25(2,23)24)13-15-6-8-16(9-7-15)19(22)20-17-10-11-17/h3-9,12,17H,10-11,13H2,1-2H3,(H,20,22). The van der Waals surface area contributed by atoms with Gasteiger partial charge in [-0.05, 0) is 55.2 Å². The van der Waals surface area contributed by atoms with Crippen molar-refractivity contribution in [3.63, 3.8) is 0 Å². The molecule has 0 bridgehead atoms. The molecule has 25 heavy (non-hydrogen) atoms. The van der Waals surface area contributed by atoms with Gasteiger partial charge in [0.25, 0.3) is 5.91 Å². The Labute approximate surface area is 148 Å². The molecule has 1 saturated carbocycles. The van der Waals surface area contributed by atoms with Crippen LogP contribution in [0.1, 0.15) is 34.3 Å². The summed E-state index contributed by atoms with van der Waals surface area (Å²) in [7, 11) is -3.41. The maximum atomic E-state index is 12.2. The summed E-state index contributed by atoms with van der Waals surface area (Å²) >= 11 is 0. The first-order valence-electron chi connectivity index (χ1n) is 8.27. The van der Waals surface area contributed by atoms with Crippen molar-refractivity contribution in [2.45, 2.75) is 32.4 Å². The molecule has 6 heteroatoms. The minimum Gasteiger partial charge on any atom is -0.349 e. The van der Waals surface area contributed by atoms with Gasteiger partial charge in [-0.3, -0.25) is 9.10 Å². The summed E-state index contributed by atoms with van der Waals surface area (Å²) in [6, 6.07) is 14.8. The van der Waals surface area contributed by atoms with Crippen molar-refractivity contribution in [2.75, 3.05) is 10.6 Å². The van der Waals surface area contributed by atoms with Crippen molar-refractivity contribution >= 4 is 21.6 Å². The highest BCUT2D eigenvalue weighted by atomic mass is 32.2. The molecule has 0 heterocycles. The summed E-state index contributed by atoms with van der Waals surface area (Å²) in [4.78, 5) is 12.0. The molecule has 2 aromatic rings. The highest BCUT2D eigenvalue weighted by molar-refractivity contribution is 7.92. The van der Waals surface area contributed by atoms with Gasteiger partial charge in [-0.2, -0.15) is 0 Å². The topological polar surface area (TPSA) is 66.5 Å². The lowest BCUT2D eigenvalue weighted by Gasteiger charge is -2.23. The monoisotopic (exact) mass is 358 g/mol. The van der Waals surface area contributed by atoms with Crippen molar-refractivity contribution in [2.24, 2.45) is 0 Å². The number of nitrogens with zero attached hydrogens (tertiary/aromatic N) is 1. The fourth-order valence-corrected chi connectivity index (χ4v) is 3.49. The van der Waals surface area contributed by atoms with Gasteiger partial charge in [0.15, 0.2) is 0 Å². The second-order valence-corrected chi connectivity index (χ2v) is 8.46. The molecule has 1 aliphatic carbocycles. The fraction of sp³-hybridized carbons (Fsp3) is 0.316. The number of benzene rings is 2. The molecule has 2 aromatic carbocycles. The third kappa shape index (κ3) is 4.60. The number of carbonyl (C=O) groups is 1. The van der Waals surface area contributed by atoms with E-state index >= 15 is 0 Å². The molecule has 1 fully saturated rings. The van der Waals surface area contributed by atoms with Crippen molar-refractivity contribution in [1.82, 2.24) is 5.32 Å². The summed E-state index contributed by atoms with van der Waals surface area (Å²) in [5, 5.41) is 2.94. The van der Waals surface area contributed by atoms with Crippen molar-refractivity contribution in [1.29, 1.82) is 0 Å². The van der Waals surface area contributed by atoms with E-state index in [4.69, 9.17) is 0 Å². The third-order valence-electron chi connectivity index (χ3n) is 4.14. The Kier molecular flexibility index (Phi) is 4.81. The molecular formula is C19H22N2O3S. The van der Waals surface area contributed by atoms with Gasteiger partial charge >= 0.3 is 0 Å². The smallest absolute Gasteiger partial charge is 0.251 e. The van der Waals surface area contributed by atoms with Gasteiger partial charge < -0.3 is 5.32 Å². The van der Waals surface area contributed by atoms with E-state index in [0.29, 0.717) is 17.3 Å². The molecule has 0 aromatic heterocycles. The van der Waals surface area contributed by atoms with Crippen LogP contribution in [0.15, 0.2) is 48.5 Å². The number of hydrogen-bond acceptors (Lipinski definition) is 3. The zero-order valence-corrected chi connectivity index (χ0v) is 15.2. The Morgan fingerprint density at radius 1 is 1.16 bits per heavy atom. The zero-order valence-electron chi connectivity index (χ0n) is 14.4. The molecule has 0 spiro atoms. The van der Waals surface area contributed by atoms with Crippen LogP contribution in [-0.2, 0) is 16.6 Å². The lowest BCUT2D eigenvalue weighted by Crippen LogP contribution is -2.29. The minimum absolute atomic E-state index is 0.0762. The first-order chi connectivity index (χ1) is 11.8. The predicted molar refractivity (Wildman–Crippen MR) is 99.1 cm³/mol. The van der Waals surface area contributed by atoms with Crippen LogP contribution in [0.5, 0.6) is 0 Å². The molecule has 1 amide bonds. The average molecular weight is 358 g/mol. The normalized spacial score (nSPS) is 14.2. The van der Waals surface area contributed by atoms with Gasteiger partial charge in [-0.25, -0.2) is 8.42 Å². The van der Waals surface area contributed by atoms with Gasteiger partial charge in [-0.1, -0.05) is 24.3 Å². The number of amides is 1. The SMILES string of the molecule is Cc1cccc(N(Cc2ccc(C(=O)NC3CC3)cc2)S(C)(=O)=O)c1. The van der Waals surface area contributed by atoms with Crippen LogP contribution in [0.3, 0.4) is 0 Å². The molecule has 1 aliphatic rings. The van der Waals surface area contributed by atoms with Gasteiger partial charge in [0.05, 0.1) is 18.5 Å². The van der Waals surface area contributed by atoms with Crippen molar-refractivity contribution in [3.8, 4) is 0 Å². The molecule has 0 atom stereocenters. The van der Waals surface area contributed by atoms with Crippen LogP contribution in [0, 0.1) is 6.92 Å². The predicted octanol–water partition coefficient (Wildman–Crippen LogP) is 2.85. The lowest BCUT2D eigenvalue weighted by atomic mass is 10.1. The van der Waals surface area contributed by atoms with Crippen LogP contribution in [-0.4, -0.2) is 26.6 Å². The molecule has 0 saturated heterocycles. The number of sulfonamides is 1. The first-order valence-corrected chi connectivity index (χ1v) is 10.1. The molecule has 132 valence electrons. The molecule has 0 radical (unpaired) electrons. The molecule has 1 N–H and O–H groups in total. The average Bonchev–Trinajstić information content (AvgIpc) is 3.36. The van der Waals surface area contributed by atoms with E-state index in [1.165, 1.54) is 10.6 Å². The van der Waals surface area contributed by atoms with E-state index in [9.17, 15) is 13.2 Å². The lowest BCUT2D eigenvalue weighted by molar-refractivity contribution is 0.0951. The quantitative estimate of drug-likeness (QED) is 0.863. The van der Waals surface area contributed by atoms with E-state index in [2.05, 4.69) is 5.32 Å². The fourth-order valence-electron chi connectivity index (χ4n) is 2.61. The van der Waals surface area contributed by atoms with Crippen LogP contribution >= 0.6 is 0 Å². The van der Waals surface area contributed by atoms with Crippen LogP contribution < -0.4 is 9.62 Å². The van der Waals surface area contributed by atoms with Crippen LogP contribution in [0.4, 0.5) is 5.69 Å². The van der Waals surface area contributed by atoms with Gasteiger partial charge in [-0.15, -0.1) is 0 Å². The number of hydrogen-bond donors (Lipinski definition) is 1. The summed E-state index contributed by atoms with van der Waals surface area (Å²) in [5.41, 5.74) is 3.06. The number of nitrogens with one attached hydrogen (secondary N) is 1. The Morgan fingerprint density at radius 3 is 2.40 bits per heavy atom. The first kappa shape index (κ1) is 17.5. The van der Waals surface area contributed by atoms with Gasteiger partial charge in [0, 0.05) is 11.6 Å². The summed E-state index contributed by atoms with van der Waals surface area (Å²) < 4.78 is 25.8.